The van der Waals surface area contributed by atoms with E-state index in [1.807, 2.05) is 0 Å². The van der Waals surface area contributed by atoms with E-state index in [0.717, 1.165) is 19.3 Å². The molecule has 4 aliphatic carbocycles. The summed E-state index contributed by atoms with van der Waals surface area (Å²) in [5.41, 5.74) is 0. The summed E-state index contributed by atoms with van der Waals surface area (Å²) in [6.07, 6.45) is 4.50. The Kier molecular flexibility index (Phi) is 12.7. The van der Waals surface area contributed by atoms with E-state index in [1.54, 1.807) is 0 Å². The second kappa shape index (κ2) is 16.0. The molecular weight excluding hydrogens is 639 g/mol. The molecule has 0 heterocycles. The minimum atomic E-state index is -1.16. The van der Waals surface area contributed by atoms with Gasteiger partial charge in [0.1, 0.15) is 12.2 Å². The first-order chi connectivity index (χ1) is 21.3. The highest BCUT2D eigenvalue weighted by Crippen LogP contribution is 2.41. The summed E-state index contributed by atoms with van der Waals surface area (Å²) in [5.74, 6) is -5.61. The van der Waals surface area contributed by atoms with E-state index in [9.17, 15) is 44.8 Å². The predicted molar refractivity (Wildman–Crippen MR) is 158 cm³/mol. The van der Waals surface area contributed by atoms with Crippen molar-refractivity contribution in [1.29, 1.82) is 0 Å². The molecule has 0 radical (unpaired) electrons. The Morgan fingerprint density at radius 1 is 0.689 bits per heavy atom. The molecule has 254 valence electrons. The summed E-state index contributed by atoms with van der Waals surface area (Å²) < 4.78 is 5.67. The van der Waals surface area contributed by atoms with Gasteiger partial charge in [-0.2, -0.15) is 0 Å². The molecule has 12 unspecified atom stereocenters. The lowest BCUT2D eigenvalue weighted by Crippen LogP contribution is -2.43. The summed E-state index contributed by atoms with van der Waals surface area (Å²) in [7, 11) is 0. The number of nitro groups is 2. The minimum absolute atomic E-state index is 0.0504. The normalized spacial score (nSPS) is 39.0. The molecule has 4 fully saturated rings. The van der Waals surface area contributed by atoms with Crippen LogP contribution in [0.25, 0.3) is 0 Å². The van der Waals surface area contributed by atoms with Gasteiger partial charge in [0.05, 0.1) is 35.1 Å². The molecule has 16 heteroatoms. The molecule has 14 nitrogen and oxygen atoms in total. The van der Waals surface area contributed by atoms with Crippen molar-refractivity contribution < 1.29 is 49.0 Å². The SMILES string of the molecule is O=C(O)C1CCC([N+](=O)[O-])CC1COOC1CCC(CC2CCC(OC(=O)C3CC([N+](=O)[O-])CCC3C(=O)O)C(Cl)C2)CC1Cl. The van der Waals surface area contributed by atoms with Crippen molar-refractivity contribution in [3.63, 3.8) is 0 Å². The smallest absolute Gasteiger partial charge is 0.310 e. The maximum Gasteiger partial charge on any atom is 0.310 e. The van der Waals surface area contributed by atoms with Crippen molar-refractivity contribution in [2.24, 2.45) is 35.5 Å². The Hall–Kier alpha value is -2.29. The molecule has 4 saturated carbocycles. The monoisotopic (exact) mass is 680 g/mol. The highest BCUT2D eigenvalue weighted by atomic mass is 35.5. The third kappa shape index (κ3) is 9.39. The third-order valence-electron chi connectivity index (χ3n) is 10.4. The molecule has 0 saturated heterocycles. The minimum Gasteiger partial charge on any atom is -0.481 e. The zero-order chi connectivity index (χ0) is 32.8. The van der Waals surface area contributed by atoms with Crippen LogP contribution in [-0.4, -0.2) is 79.6 Å². The van der Waals surface area contributed by atoms with Crippen LogP contribution in [0.2, 0.25) is 0 Å². The van der Waals surface area contributed by atoms with Crippen LogP contribution in [0.1, 0.15) is 83.5 Å². The van der Waals surface area contributed by atoms with Crippen LogP contribution < -0.4 is 0 Å². The average Bonchev–Trinajstić information content (AvgIpc) is 2.99. The fraction of sp³-hybridized carbons (Fsp3) is 0.897. The zero-order valence-corrected chi connectivity index (χ0v) is 26.5. The van der Waals surface area contributed by atoms with Crippen LogP contribution in [0.15, 0.2) is 0 Å². The first kappa shape index (κ1) is 35.6. The highest BCUT2D eigenvalue weighted by molar-refractivity contribution is 6.21. The zero-order valence-electron chi connectivity index (χ0n) is 25.0. The Morgan fingerprint density at radius 2 is 1.22 bits per heavy atom. The number of hydrogen-bond acceptors (Lipinski definition) is 10. The maximum atomic E-state index is 13.0. The van der Waals surface area contributed by atoms with Gasteiger partial charge in [0.15, 0.2) is 0 Å². The van der Waals surface area contributed by atoms with Gasteiger partial charge >= 0.3 is 17.9 Å². The topological polar surface area (TPSA) is 206 Å². The van der Waals surface area contributed by atoms with E-state index in [0.29, 0.717) is 31.6 Å². The maximum absolute atomic E-state index is 13.0. The number of esters is 1. The van der Waals surface area contributed by atoms with Gasteiger partial charge in [-0.15, -0.1) is 23.2 Å². The molecule has 2 N–H and O–H groups in total. The van der Waals surface area contributed by atoms with Crippen LogP contribution in [-0.2, 0) is 28.9 Å². The molecule has 0 aliphatic heterocycles. The molecule has 0 amide bonds. The van der Waals surface area contributed by atoms with E-state index >= 15 is 0 Å². The number of carbonyl (C=O) groups excluding carboxylic acids is 1. The molecule has 4 rings (SSSR count). The van der Waals surface area contributed by atoms with Gasteiger partial charge in [0.25, 0.3) is 0 Å². The Morgan fingerprint density at radius 3 is 1.76 bits per heavy atom. The van der Waals surface area contributed by atoms with Gasteiger partial charge in [-0.25, -0.2) is 9.78 Å². The van der Waals surface area contributed by atoms with Crippen molar-refractivity contribution >= 4 is 41.1 Å². The molecule has 0 spiro atoms. The number of alkyl halides is 2. The lowest BCUT2D eigenvalue weighted by molar-refractivity contribution is -0.529. The predicted octanol–water partition coefficient (Wildman–Crippen LogP) is 4.71. The van der Waals surface area contributed by atoms with Crippen molar-refractivity contribution in [1.82, 2.24) is 0 Å². The number of hydrogen-bond donors (Lipinski definition) is 2. The van der Waals surface area contributed by atoms with Gasteiger partial charge in [-0.1, -0.05) is 0 Å². The molecule has 45 heavy (non-hydrogen) atoms. The number of halogens is 2. The Balaban J connectivity index is 1.19. The van der Waals surface area contributed by atoms with Crippen LogP contribution >= 0.6 is 23.2 Å². The van der Waals surface area contributed by atoms with Crippen LogP contribution in [0, 0.1) is 55.7 Å². The number of carboxylic acid groups (broad SMARTS) is 2. The van der Waals surface area contributed by atoms with Gasteiger partial charge in [0.2, 0.25) is 12.1 Å². The van der Waals surface area contributed by atoms with Crippen molar-refractivity contribution in [3.8, 4) is 0 Å². The number of carbonyl (C=O) groups is 3. The van der Waals surface area contributed by atoms with Crippen LogP contribution in [0.4, 0.5) is 0 Å². The molecule has 0 aromatic heterocycles. The Bertz CT molecular complexity index is 1100. The van der Waals surface area contributed by atoms with Crippen LogP contribution in [0.5, 0.6) is 0 Å². The second-order valence-electron chi connectivity index (χ2n) is 13.3. The highest BCUT2D eigenvalue weighted by Gasteiger charge is 2.46. The molecular formula is C29H42Cl2N2O12. The molecule has 4 aliphatic rings. The number of carboxylic acids is 2. The van der Waals surface area contributed by atoms with Gasteiger partial charge < -0.3 is 14.9 Å². The fourth-order valence-corrected chi connectivity index (χ4v) is 8.61. The number of aliphatic carboxylic acids is 2. The standard InChI is InChI=1S/C29H42Cl2N2O12/c30-23-10-15(1-7-25(23)44-29(38)22-13-19(33(41)42)4-6-21(22)28(36)37)9-16-2-8-26(24(31)11-16)45-43-14-17-12-18(32(39)40)3-5-20(17)27(34)35/h15-26H,1-14H2,(H,34,35)(H,36,37). The Labute approximate surface area is 270 Å². The number of nitrogens with zero attached hydrogens (tertiary/aromatic N) is 2. The van der Waals surface area contributed by atoms with Gasteiger partial charge in [-0.3, -0.25) is 34.6 Å². The molecule has 0 aromatic carbocycles. The molecule has 0 aromatic rings. The first-order valence-electron chi connectivity index (χ1n) is 15.8. The number of rotatable bonds is 12. The van der Waals surface area contributed by atoms with Gasteiger partial charge in [-0.05, 0) is 69.6 Å². The van der Waals surface area contributed by atoms with E-state index < -0.39 is 70.1 Å². The fourth-order valence-electron chi connectivity index (χ4n) is 7.77. The van der Waals surface area contributed by atoms with E-state index in [1.165, 1.54) is 0 Å². The lowest BCUT2D eigenvalue weighted by atomic mass is 9.76. The van der Waals surface area contributed by atoms with E-state index in [4.69, 9.17) is 37.7 Å². The van der Waals surface area contributed by atoms with Crippen molar-refractivity contribution in [3.05, 3.63) is 20.2 Å². The van der Waals surface area contributed by atoms with E-state index in [2.05, 4.69) is 0 Å². The number of ether oxygens (including phenoxy) is 1. The van der Waals surface area contributed by atoms with E-state index in [-0.39, 0.29) is 67.5 Å². The first-order valence-corrected chi connectivity index (χ1v) is 16.7. The molecule has 12 atom stereocenters. The quantitative estimate of drug-likeness (QED) is 0.0944. The molecule has 0 bridgehead atoms. The third-order valence-corrected chi connectivity index (χ3v) is 11.3. The second-order valence-corrected chi connectivity index (χ2v) is 14.4. The van der Waals surface area contributed by atoms with Crippen LogP contribution in [0.3, 0.4) is 0 Å². The summed E-state index contributed by atoms with van der Waals surface area (Å²) in [6, 6.07) is -1.76. The van der Waals surface area contributed by atoms with Gasteiger partial charge in [0, 0.05) is 41.4 Å². The summed E-state index contributed by atoms with van der Waals surface area (Å²) in [6.45, 7) is -0.0518. The van der Waals surface area contributed by atoms with Crippen molar-refractivity contribution in [2.75, 3.05) is 6.61 Å². The summed E-state index contributed by atoms with van der Waals surface area (Å²) in [4.78, 5) is 68.9. The lowest BCUT2D eigenvalue weighted by Gasteiger charge is -2.38. The summed E-state index contributed by atoms with van der Waals surface area (Å²) in [5, 5.41) is 40.7. The average molecular weight is 682 g/mol. The summed E-state index contributed by atoms with van der Waals surface area (Å²) >= 11 is 13.3. The largest absolute Gasteiger partial charge is 0.481 e. The van der Waals surface area contributed by atoms with Crippen molar-refractivity contribution in [2.45, 2.75) is 119 Å².